The van der Waals surface area contributed by atoms with Crippen LogP contribution in [0.1, 0.15) is 41.3 Å². The third kappa shape index (κ3) is 4.52. The number of aryl methyl sites for hydroxylation is 2. The molecule has 4 nitrogen and oxygen atoms in total. The van der Waals surface area contributed by atoms with Crippen molar-refractivity contribution < 1.29 is 9.72 Å². The minimum absolute atomic E-state index is 0.0877. The maximum atomic E-state index is 11.2. The minimum Gasteiger partial charge on any atom is -0.295 e. The third-order valence-electron chi connectivity index (χ3n) is 3.69. The highest BCUT2D eigenvalue weighted by Crippen LogP contribution is 2.15. The second kappa shape index (κ2) is 7.50. The molecule has 2 rings (SSSR count). The average molecular weight is 297 g/mol. The van der Waals surface area contributed by atoms with Gasteiger partial charge in [-0.05, 0) is 43.7 Å². The van der Waals surface area contributed by atoms with Crippen molar-refractivity contribution in [2.24, 2.45) is 0 Å². The summed E-state index contributed by atoms with van der Waals surface area (Å²) >= 11 is 0. The number of benzene rings is 2. The molecule has 0 atom stereocenters. The Morgan fingerprint density at radius 3 is 1.77 bits per heavy atom. The second-order valence-corrected chi connectivity index (χ2v) is 5.38. The van der Waals surface area contributed by atoms with Gasteiger partial charge in [0.15, 0.2) is 5.78 Å². The lowest BCUT2D eigenvalue weighted by Gasteiger charge is -2.04. The van der Waals surface area contributed by atoms with Crippen LogP contribution < -0.4 is 0 Å². The number of carbonyl (C=O) groups excluding carboxylic acids is 1. The summed E-state index contributed by atoms with van der Waals surface area (Å²) in [5.41, 5.74) is 3.23. The van der Waals surface area contributed by atoms with Crippen molar-refractivity contribution in [3.05, 3.63) is 75.3 Å². The van der Waals surface area contributed by atoms with Crippen LogP contribution in [0.3, 0.4) is 0 Å². The summed E-state index contributed by atoms with van der Waals surface area (Å²) < 4.78 is 0. The molecule has 22 heavy (non-hydrogen) atoms. The second-order valence-electron chi connectivity index (χ2n) is 5.38. The first-order valence-electron chi connectivity index (χ1n) is 7.39. The van der Waals surface area contributed by atoms with Crippen molar-refractivity contribution in [1.29, 1.82) is 0 Å². The molecule has 0 aliphatic carbocycles. The molecule has 114 valence electrons. The number of nitro benzene ring substituents is 1. The predicted molar refractivity (Wildman–Crippen MR) is 86.2 cm³/mol. The van der Waals surface area contributed by atoms with E-state index in [4.69, 9.17) is 0 Å². The van der Waals surface area contributed by atoms with Crippen molar-refractivity contribution in [1.82, 2.24) is 0 Å². The van der Waals surface area contributed by atoms with Crippen LogP contribution in [0.2, 0.25) is 0 Å². The van der Waals surface area contributed by atoms with Gasteiger partial charge in [-0.15, -0.1) is 0 Å². The molecular weight excluding hydrogens is 278 g/mol. The number of hydrogen-bond acceptors (Lipinski definition) is 3. The zero-order valence-electron chi connectivity index (χ0n) is 12.6. The topological polar surface area (TPSA) is 60.2 Å². The molecule has 0 aromatic heterocycles. The Morgan fingerprint density at radius 2 is 1.36 bits per heavy atom. The summed E-state index contributed by atoms with van der Waals surface area (Å²) in [4.78, 5) is 21.4. The Kier molecular flexibility index (Phi) is 5.42. The van der Waals surface area contributed by atoms with Crippen molar-refractivity contribution in [3.63, 3.8) is 0 Å². The first-order chi connectivity index (χ1) is 10.6. The molecule has 0 radical (unpaired) electrons. The number of carbonyl (C=O) groups is 1. The maximum Gasteiger partial charge on any atom is 0.269 e. The zero-order chi connectivity index (χ0) is 15.9. The van der Waals surface area contributed by atoms with Gasteiger partial charge in [0.1, 0.15) is 0 Å². The van der Waals surface area contributed by atoms with Crippen molar-refractivity contribution >= 4 is 11.5 Å². The highest BCUT2D eigenvalue weighted by molar-refractivity contribution is 5.93. The molecule has 0 heterocycles. The predicted octanol–water partition coefficient (Wildman–Crippen LogP) is 4.36. The van der Waals surface area contributed by atoms with Gasteiger partial charge in [-0.1, -0.05) is 36.4 Å². The Bertz CT molecular complexity index is 586. The fourth-order valence-corrected chi connectivity index (χ4v) is 2.35. The number of ketones is 1. The first kappa shape index (κ1) is 15.9. The average Bonchev–Trinajstić information content (AvgIpc) is 2.52. The summed E-state index contributed by atoms with van der Waals surface area (Å²) in [7, 11) is 0. The van der Waals surface area contributed by atoms with Gasteiger partial charge in [0.05, 0.1) is 4.92 Å². The van der Waals surface area contributed by atoms with Gasteiger partial charge in [-0.3, -0.25) is 14.9 Å². The van der Waals surface area contributed by atoms with E-state index in [1.165, 1.54) is 5.56 Å². The number of nitro groups is 1. The molecule has 2 aromatic carbocycles. The van der Waals surface area contributed by atoms with E-state index in [-0.39, 0.29) is 16.4 Å². The highest BCUT2D eigenvalue weighted by Gasteiger charge is 2.04. The number of Topliss-reactive ketones (excluding diaryl/α,β-unsaturated/α-hetero) is 1. The van der Waals surface area contributed by atoms with Crippen LogP contribution in [0, 0.1) is 10.1 Å². The fourth-order valence-electron chi connectivity index (χ4n) is 2.35. The lowest BCUT2D eigenvalue weighted by molar-refractivity contribution is -0.384. The molecule has 0 fully saturated rings. The Balaban J connectivity index is 1.77. The summed E-state index contributed by atoms with van der Waals surface area (Å²) in [6, 6.07) is 14.5. The quantitative estimate of drug-likeness (QED) is 0.330. The van der Waals surface area contributed by atoms with E-state index < -0.39 is 0 Å². The molecule has 0 amide bonds. The van der Waals surface area contributed by atoms with Crippen LogP contribution in [0.15, 0.2) is 48.5 Å². The van der Waals surface area contributed by atoms with Gasteiger partial charge < -0.3 is 0 Å². The molecule has 0 unspecified atom stereocenters. The molecular formula is C18H19NO3. The molecule has 0 aliphatic rings. The lowest BCUT2D eigenvalue weighted by atomic mass is 10.0. The summed E-state index contributed by atoms with van der Waals surface area (Å²) in [5.74, 6) is 0.0877. The maximum absolute atomic E-state index is 11.2. The summed E-state index contributed by atoms with van der Waals surface area (Å²) in [6.45, 7) is 1.57. The normalized spacial score (nSPS) is 10.4. The minimum atomic E-state index is -0.380. The number of unbranched alkanes of at least 4 members (excludes halogenated alkanes) is 1. The molecule has 4 heteroatoms. The van der Waals surface area contributed by atoms with Crippen LogP contribution in [0.4, 0.5) is 5.69 Å². The number of hydrogen-bond donors (Lipinski definition) is 0. The lowest BCUT2D eigenvalue weighted by Crippen LogP contribution is -1.94. The fraction of sp³-hybridized carbons (Fsp3) is 0.278. The SMILES string of the molecule is CC(=O)c1ccc(CCCCc2ccc([N+](=O)[O-])cc2)cc1. The monoisotopic (exact) mass is 297 g/mol. The van der Waals surface area contributed by atoms with Crippen molar-refractivity contribution in [2.45, 2.75) is 32.6 Å². The van der Waals surface area contributed by atoms with Crippen molar-refractivity contribution in [2.75, 3.05) is 0 Å². The van der Waals surface area contributed by atoms with E-state index in [0.29, 0.717) is 0 Å². The standard InChI is InChI=1S/C18H19NO3/c1-14(20)17-10-6-15(7-11-17)4-2-3-5-16-8-12-18(13-9-16)19(21)22/h6-13H,2-5H2,1H3. The van der Waals surface area contributed by atoms with E-state index in [1.807, 2.05) is 36.4 Å². The Hall–Kier alpha value is -2.49. The summed E-state index contributed by atoms with van der Waals surface area (Å²) in [6.07, 6.45) is 3.98. The molecule has 0 N–H and O–H groups in total. The molecule has 0 saturated carbocycles. The van der Waals surface area contributed by atoms with Crippen LogP contribution in [-0.2, 0) is 12.8 Å². The Morgan fingerprint density at radius 1 is 0.909 bits per heavy atom. The van der Waals surface area contributed by atoms with Gasteiger partial charge in [-0.25, -0.2) is 0 Å². The largest absolute Gasteiger partial charge is 0.295 e. The number of non-ortho nitro benzene ring substituents is 1. The van der Waals surface area contributed by atoms with Crippen LogP contribution in [-0.4, -0.2) is 10.7 Å². The van der Waals surface area contributed by atoms with E-state index >= 15 is 0 Å². The third-order valence-corrected chi connectivity index (χ3v) is 3.69. The first-order valence-corrected chi connectivity index (χ1v) is 7.39. The van der Waals surface area contributed by atoms with E-state index in [9.17, 15) is 14.9 Å². The van der Waals surface area contributed by atoms with Gasteiger partial charge in [0.2, 0.25) is 0 Å². The molecule has 0 bridgehead atoms. The van der Waals surface area contributed by atoms with E-state index in [1.54, 1.807) is 19.1 Å². The van der Waals surface area contributed by atoms with Crippen LogP contribution in [0.25, 0.3) is 0 Å². The number of nitrogens with zero attached hydrogens (tertiary/aromatic N) is 1. The van der Waals surface area contributed by atoms with Gasteiger partial charge in [0, 0.05) is 17.7 Å². The number of rotatable bonds is 7. The molecule has 2 aromatic rings. The van der Waals surface area contributed by atoms with E-state index in [2.05, 4.69) is 0 Å². The smallest absolute Gasteiger partial charge is 0.269 e. The summed E-state index contributed by atoms with van der Waals surface area (Å²) in [5, 5.41) is 10.6. The highest BCUT2D eigenvalue weighted by atomic mass is 16.6. The Labute approximate surface area is 129 Å². The van der Waals surface area contributed by atoms with Crippen molar-refractivity contribution in [3.8, 4) is 0 Å². The van der Waals surface area contributed by atoms with Gasteiger partial charge >= 0.3 is 0 Å². The van der Waals surface area contributed by atoms with Crippen LogP contribution in [0.5, 0.6) is 0 Å². The van der Waals surface area contributed by atoms with E-state index in [0.717, 1.165) is 36.8 Å². The zero-order valence-corrected chi connectivity index (χ0v) is 12.6. The van der Waals surface area contributed by atoms with Gasteiger partial charge in [0.25, 0.3) is 5.69 Å². The van der Waals surface area contributed by atoms with Gasteiger partial charge in [-0.2, -0.15) is 0 Å². The molecule has 0 aliphatic heterocycles. The molecule has 0 spiro atoms. The molecule has 0 saturated heterocycles. The van der Waals surface area contributed by atoms with Crippen LogP contribution >= 0.6 is 0 Å².